The van der Waals surface area contributed by atoms with Gasteiger partial charge in [0.15, 0.2) is 10.9 Å². The van der Waals surface area contributed by atoms with Gasteiger partial charge >= 0.3 is 0 Å². The SMILES string of the molecule is CCCN(CCC)C(C)c1cccc2c(=O)c3cc4[nH]c5ccccc5c(=O)c4cc3[nH]c12. The van der Waals surface area contributed by atoms with E-state index in [1.54, 1.807) is 0 Å². The van der Waals surface area contributed by atoms with Crippen molar-refractivity contribution in [2.45, 2.75) is 39.7 Å². The van der Waals surface area contributed by atoms with Crippen molar-refractivity contribution in [2.75, 3.05) is 13.1 Å². The van der Waals surface area contributed by atoms with Crippen molar-refractivity contribution in [3.05, 3.63) is 80.6 Å². The minimum absolute atomic E-state index is 0.0127. The first-order valence-electron chi connectivity index (χ1n) is 11.8. The molecule has 33 heavy (non-hydrogen) atoms. The Morgan fingerprint density at radius 2 is 1.33 bits per heavy atom. The minimum atomic E-state index is -0.0269. The number of H-pyrrole nitrogens is 2. The number of aromatic amines is 2. The Kier molecular flexibility index (Phi) is 5.51. The van der Waals surface area contributed by atoms with Crippen molar-refractivity contribution < 1.29 is 0 Å². The zero-order valence-electron chi connectivity index (χ0n) is 19.4. The maximum Gasteiger partial charge on any atom is 0.197 e. The van der Waals surface area contributed by atoms with Gasteiger partial charge in [-0.1, -0.05) is 38.1 Å². The van der Waals surface area contributed by atoms with Crippen LogP contribution in [0.3, 0.4) is 0 Å². The van der Waals surface area contributed by atoms with E-state index in [0.717, 1.165) is 42.5 Å². The molecule has 0 spiro atoms. The quantitative estimate of drug-likeness (QED) is 0.326. The second-order valence-corrected chi connectivity index (χ2v) is 8.88. The molecule has 0 bridgehead atoms. The molecule has 0 aliphatic rings. The first kappa shape index (κ1) is 21.4. The van der Waals surface area contributed by atoms with E-state index in [9.17, 15) is 9.59 Å². The Bertz CT molecular complexity index is 1610. The summed E-state index contributed by atoms with van der Waals surface area (Å²) in [6, 6.07) is 17.3. The Morgan fingerprint density at radius 3 is 2.03 bits per heavy atom. The molecule has 0 aliphatic heterocycles. The van der Waals surface area contributed by atoms with Gasteiger partial charge in [0.05, 0.1) is 16.6 Å². The molecule has 0 aliphatic carbocycles. The maximum absolute atomic E-state index is 13.6. The average Bonchev–Trinajstić information content (AvgIpc) is 2.83. The molecule has 2 N–H and O–H groups in total. The maximum atomic E-state index is 13.6. The second-order valence-electron chi connectivity index (χ2n) is 8.88. The zero-order chi connectivity index (χ0) is 23.1. The van der Waals surface area contributed by atoms with Gasteiger partial charge in [-0.25, -0.2) is 0 Å². The van der Waals surface area contributed by atoms with Crippen LogP contribution in [0.1, 0.15) is 45.2 Å². The van der Waals surface area contributed by atoms with Gasteiger partial charge in [0.1, 0.15) is 0 Å². The van der Waals surface area contributed by atoms with Crippen LogP contribution in [-0.2, 0) is 0 Å². The van der Waals surface area contributed by atoms with E-state index in [2.05, 4.69) is 41.7 Å². The summed E-state index contributed by atoms with van der Waals surface area (Å²) in [5, 5.41) is 2.50. The van der Waals surface area contributed by atoms with Gasteiger partial charge in [0, 0.05) is 33.1 Å². The molecule has 5 heteroatoms. The number of benzene rings is 3. The van der Waals surface area contributed by atoms with Crippen LogP contribution in [0, 0.1) is 0 Å². The fourth-order valence-electron chi connectivity index (χ4n) is 5.06. The number of fused-ring (bicyclic) bond motifs is 4. The molecule has 0 saturated carbocycles. The van der Waals surface area contributed by atoms with Crippen molar-refractivity contribution in [3.63, 3.8) is 0 Å². The summed E-state index contributed by atoms with van der Waals surface area (Å²) in [5.41, 5.74) is 4.07. The number of hydrogen-bond donors (Lipinski definition) is 2. The normalized spacial score (nSPS) is 13.0. The van der Waals surface area contributed by atoms with Crippen molar-refractivity contribution in [1.29, 1.82) is 0 Å². The van der Waals surface area contributed by atoms with Gasteiger partial charge in [-0.2, -0.15) is 0 Å². The van der Waals surface area contributed by atoms with Gasteiger partial charge in [-0.15, -0.1) is 0 Å². The first-order chi connectivity index (χ1) is 16.0. The fourth-order valence-corrected chi connectivity index (χ4v) is 5.06. The summed E-state index contributed by atoms with van der Waals surface area (Å²) in [7, 11) is 0. The van der Waals surface area contributed by atoms with Crippen LogP contribution in [0.15, 0.2) is 64.2 Å². The van der Waals surface area contributed by atoms with Crippen LogP contribution >= 0.6 is 0 Å². The molecule has 0 amide bonds. The number of para-hydroxylation sites is 2. The Labute approximate surface area is 192 Å². The molecule has 2 heterocycles. The van der Waals surface area contributed by atoms with Crippen molar-refractivity contribution in [1.82, 2.24) is 14.9 Å². The van der Waals surface area contributed by atoms with E-state index < -0.39 is 0 Å². The summed E-state index contributed by atoms with van der Waals surface area (Å²) in [4.78, 5) is 36.0. The van der Waals surface area contributed by atoms with E-state index in [-0.39, 0.29) is 16.9 Å². The smallest absolute Gasteiger partial charge is 0.197 e. The van der Waals surface area contributed by atoms with E-state index in [1.807, 2.05) is 48.5 Å². The molecule has 5 nitrogen and oxygen atoms in total. The number of hydrogen-bond acceptors (Lipinski definition) is 3. The monoisotopic (exact) mass is 439 g/mol. The van der Waals surface area contributed by atoms with Gasteiger partial charge < -0.3 is 9.97 Å². The third kappa shape index (κ3) is 3.53. The molecule has 5 rings (SSSR count). The highest BCUT2D eigenvalue weighted by Gasteiger charge is 2.19. The minimum Gasteiger partial charge on any atom is -0.354 e. The second kappa shape index (κ2) is 8.49. The Balaban J connectivity index is 1.79. The van der Waals surface area contributed by atoms with Crippen molar-refractivity contribution >= 4 is 43.6 Å². The van der Waals surface area contributed by atoms with E-state index in [4.69, 9.17) is 0 Å². The third-order valence-corrected chi connectivity index (χ3v) is 6.71. The molecule has 0 saturated heterocycles. The largest absolute Gasteiger partial charge is 0.354 e. The first-order valence-corrected chi connectivity index (χ1v) is 11.8. The Hall–Kier alpha value is -3.44. The summed E-state index contributed by atoms with van der Waals surface area (Å²) in [6.07, 6.45) is 2.16. The molecule has 0 radical (unpaired) electrons. The van der Waals surface area contributed by atoms with Crippen LogP contribution in [0.25, 0.3) is 43.6 Å². The highest BCUT2D eigenvalue weighted by atomic mass is 16.1. The van der Waals surface area contributed by atoms with Gasteiger partial charge in [0.25, 0.3) is 0 Å². The van der Waals surface area contributed by atoms with E-state index in [1.165, 1.54) is 0 Å². The van der Waals surface area contributed by atoms with E-state index >= 15 is 0 Å². The lowest BCUT2D eigenvalue weighted by Crippen LogP contribution is -2.29. The lowest BCUT2D eigenvalue weighted by molar-refractivity contribution is 0.212. The standard InChI is InChI=1S/C28H29N3O2/c1-4-13-31(14-5-2)17(3)18-10-8-11-20-26(18)30-25-16-21-24(15-22(25)28(20)33)29-23-12-7-6-9-19(23)27(21)32/h6-12,15-17H,4-5,13-14H2,1-3H3,(H,29,32)(H,30,33). The van der Waals surface area contributed by atoms with E-state index in [0.29, 0.717) is 32.6 Å². The molecular weight excluding hydrogens is 410 g/mol. The van der Waals surface area contributed by atoms with Crippen LogP contribution in [0.5, 0.6) is 0 Å². The molecule has 0 fully saturated rings. The highest BCUT2D eigenvalue weighted by Crippen LogP contribution is 2.28. The number of nitrogens with zero attached hydrogens (tertiary/aromatic N) is 1. The van der Waals surface area contributed by atoms with Crippen LogP contribution in [-0.4, -0.2) is 28.0 Å². The van der Waals surface area contributed by atoms with Crippen LogP contribution in [0.4, 0.5) is 0 Å². The summed E-state index contributed by atoms with van der Waals surface area (Å²) >= 11 is 0. The molecule has 1 unspecified atom stereocenters. The summed E-state index contributed by atoms with van der Waals surface area (Å²) < 4.78 is 0. The number of aromatic nitrogens is 2. The molecule has 5 aromatic rings. The van der Waals surface area contributed by atoms with Crippen LogP contribution < -0.4 is 10.9 Å². The van der Waals surface area contributed by atoms with Gasteiger partial charge in [-0.05, 0) is 68.8 Å². The molecule has 3 aromatic carbocycles. The van der Waals surface area contributed by atoms with Gasteiger partial charge in [-0.3, -0.25) is 14.5 Å². The topological polar surface area (TPSA) is 69.0 Å². The lowest BCUT2D eigenvalue weighted by Gasteiger charge is -2.29. The number of nitrogens with one attached hydrogen (secondary N) is 2. The Morgan fingerprint density at radius 1 is 0.727 bits per heavy atom. The number of rotatable bonds is 6. The summed E-state index contributed by atoms with van der Waals surface area (Å²) in [6.45, 7) is 8.62. The zero-order valence-corrected chi connectivity index (χ0v) is 19.4. The van der Waals surface area contributed by atoms with Crippen molar-refractivity contribution in [2.24, 2.45) is 0 Å². The third-order valence-electron chi connectivity index (χ3n) is 6.71. The predicted octanol–water partition coefficient (Wildman–Crippen LogP) is 5.86. The molecular formula is C28H29N3O2. The number of pyridine rings is 2. The fraction of sp³-hybridized carbons (Fsp3) is 0.286. The predicted molar refractivity (Wildman–Crippen MR) is 138 cm³/mol. The molecule has 2 aromatic heterocycles. The van der Waals surface area contributed by atoms with Gasteiger partial charge in [0.2, 0.25) is 0 Å². The molecule has 1 atom stereocenters. The average molecular weight is 440 g/mol. The highest BCUT2D eigenvalue weighted by molar-refractivity contribution is 6.03. The summed E-state index contributed by atoms with van der Waals surface area (Å²) in [5.74, 6) is 0. The lowest BCUT2D eigenvalue weighted by atomic mass is 9.99. The van der Waals surface area contributed by atoms with Crippen molar-refractivity contribution in [3.8, 4) is 0 Å². The van der Waals surface area contributed by atoms with Crippen LogP contribution in [0.2, 0.25) is 0 Å². The molecule has 168 valence electrons.